The summed E-state index contributed by atoms with van der Waals surface area (Å²) in [4.78, 5) is 18.1. The van der Waals surface area contributed by atoms with Crippen LogP contribution < -0.4 is 10.6 Å². The van der Waals surface area contributed by atoms with E-state index in [1.54, 1.807) is 6.20 Å². The number of aromatic nitrogens is 1. The lowest BCUT2D eigenvalue weighted by atomic mass is 10.1. The first-order valence-electron chi connectivity index (χ1n) is 7.12. The van der Waals surface area contributed by atoms with Crippen molar-refractivity contribution in [1.82, 2.24) is 9.88 Å². The zero-order chi connectivity index (χ0) is 15.0. The van der Waals surface area contributed by atoms with Gasteiger partial charge in [-0.05, 0) is 45.1 Å². The molecule has 0 aliphatic rings. The minimum absolute atomic E-state index is 0.0356. The number of rotatable bonds is 8. The van der Waals surface area contributed by atoms with Gasteiger partial charge in [-0.3, -0.25) is 4.79 Å². The number of hydrogen-bond acceptors (Lipinski definition) is 4. The Labute approximate surface area is 121 Å². The van der Waals surface area contributed by atoms with Crippen LogP contribution in [0.15, 0.2) is 18.3 Å². The maximum atomic E-state index is 11.6. The van der Waals surface area contributed by atoms with Gasteiger partial charge in [0.1, 0.15) is 5.82 Å². The SMILES string of the molecule is CC(C)CC(=O)Nc1ccc(NCCCN(C)C)nc1. The third-order valence-corrected chi connectivity index (χ3v) is 2.73. The Morgan fingerprint density at radius 3 is 2.65 bits per heavy atom. The molecule has 0 aliphatic carbocycles. The monoisotopic (exact) mass is 278 g/mol. The Morgan fingerprint density at radius 2 is 2.10 bits per heavy atom. The molecule has 0 bridgehead atoms. The maximum absolute atomic E-state index is 11.6. The van der Waals surface area contributed by atoms with Crippen LogP contribution in [0.1, 0.15) is 26.7 Å². The van der Waals surface area contributed by atoms with Crippen molar-refractivity contribution in [2.75, 3.05) is 37.8 Å². The minimum atomic E-state index is 0.0356. The van der Waals surface area contributed by atoms with E-state index < -0.39 is 0 Å². The van der Waals surface area contributed by atoms with E-state index in [0.29, 0.717) is 12.3 Å². The van der Waals surface area contributed by atoms with Crippen LogP contribution in [-0.4, -0.2) is 43.0 Å². The molecule has 0 unspecified atom stereocenters. The van der Waals surface area contributed by atoms with Gasteiger partial charge in [0, 0.05) is 13.0 Å². The predicted octanol–water partition coefficient (Wildman–Crippen LogP) is 2.43. The van der Waals surface area contributed by atoms with Gasteiger partial charge in [-0.25, -0.2) is 4.98 Å². The van der Waals surface area contributed by atoms with E-state index in [0.717, 1.165) is 31.0 Å². The number of nitrogens with zero attached hydrogens (tertiary/aromatic N) is 2. The molecule has 0 radical (unpaired) electrons. The first-order chi connectivity index (χ1) is 9.47. The normalized spacial score (nSPS) is 10.9. The number of hydrogen-bond donors (Lipinski definition) is 2. The van der Waals surface area contributed by atoms with Crippen molar-refractivity contribution in [2.45, 2.75) is 26.7 Å². The fourth-order valence-electron chi connectivity index (χ4n) is 1.77. The lowest BCUT2D eigenvalue weighted by Gasteiger charge is -2.11. The van der Waals surface area contributed by atoms with Crippen molar-refractivity contribution in [3.8, 4) is 0 Å². The Morgan fingerprint density at radius 1 is 1.35 bits per heavy atom. The lowest BCUT2D eigenvalue weighted by molar-refractivity contribution is -0.116. The average Bonchev–Trinajstić information content (AvgIpc) is 2.35. The Hall–Kier alpha value is -1.62. The van der Waals surface area contributed by atoms with Crippen molar-refractivity contribution in [2.24, 2.45) is 5.92 Å². The molecule has 5 heteroatoms. The molecule has 0 aliphatic heterocycles. The molecule has 0 atom stereocenters. The summed E-state index contributed by atoms with van der Waals surface area (Å²) in [5.74, 6) is 1.24. The van der Waals surface area contributed by atoms with Crippen molar-refractivity contribution in [3.63, 3.8) is 0 Å². The van der Waals surface area contributed by atoms with E-state index in [1.807, 2.05) is 26.0 Å². The smallest absolute Gasteiger partial charge is 0.224 e. The highest BCUT2D eigenvalue weighted by atomic mass is 16.1. The van der Waals surface area contributed by atoms with Gasteiger partial charge in [0.05, 0.1) is 11.9 Å². The van der Waals surface area contributed by atoms with Crippen molar-refractivity contribution in [3.05, 3.63) is 18.3 Å². The fraction of sp³-hybridized carbons (Fsp3) is 0.600. The van der Waals surface area contributed by atoms with Crippen LogP contribution in [0.4, 0.5) is 11.5 Å². The van der Waals surface area contributed by atoms with Crippen LogP contribution in [-0.2, 0) is 4.79 Å². The standard InChI is InChI=1S/C15H26N4O/c1-12(2)10-15(20)18-13-6-7-14(17-11-13)16-8-5-9-19(3)4/h6-7,11-12H,5,8-10H2,1-4H3,(H,16,17)(H,18,20). The molecule has 1 heterocycles. The van der Waals surface area contributed by atoms with E-state index in [1.165, 1.54) is 0 Å². The second-order valence-corrected chi connectivity index (χ2v) is 5.66. The first kappa shape index (κ1) is 16.4. The molecule has 0 aromatic carbocycles. The van der Waals surface area contributed by atoms with Crippen molar-refractivity contribution in [1.29, 1.82) is 0 Å². The number of carbonyl (C=O) groups excluding carboxylic acids is 1. The van der Waals surface area contributed by atoms with Crippen LogP contribution in [0.3, 0.4) is 0 Å². The van der Waals surface area contributed by atoms with Crippen LogP contribution in [0, 0.1) is 5.92 Å². The van der Waals surface area contributed by atoms with Gasteiger partial charge in [-0.2, -0.15) is 0 Å². The molecular weight excluding hydrogens is 252 g/mol. The van der Waals surface area contributed by atoms with Gasteiger partial charge in [0.15, 0.2) is 0 Å². The number of amides is 1. The van der Waals surface area contributed by atoms with Gasteiger partial charge < -0.3 is 15.5 Å². The molecule has 112 valence electrons. The first-order valence-corrected chi connectivity index (χ1v) is 7.12. The molecule has 0 fully saturated rings. The van der Waals surface area contributed by atoms with E-state index in [-0.39, 0.29) is 5.91 Å². The summed E-state index contributed by atoms with van der Waals surface area (Å²) in [6.07, 6.45) is 3.29. The maximum Gasteiger partial charge on any atom is 0.224 e. The molecular formula is C15H26N4O. The summed E-state index contributed by atoms with van der Waals surface area (Å²) in [5, 5.41) is 6.11. The molecule has 0 saturated carbocycles. The highest BCUT2D eigenvalue weighted by Crippen LogP contribution is 2.11. The van der Waals surface area contributed by atoms with Gasteiger partial charge in [-0.15, -0.1) is 0 Å². The second-order valence-electron chi connectivity index (χ2n) is 5.66. The quantitative estimate of drug-likeness (QED) is 0.717. The van der Waals surface area contributed by atoms with Gasteiger partial charge in [-0.1, -0.05) is 13.8 Å². The third kappa shape index (κ3) is 7.09. The van der Waals surface area contributed by atoms with Crippen molar-refractivity contribution >= 4 is 17.4 Å². The van der Waals surface area contributed by atoms with Crippen molar-refractivity contribution < 1.29 is 4.79 Å². The Balaban J connectivity index is 2.34. The van der Waals surface area contributed by atoms with Crippen LogP contribution >= 0.6 is 0 Å². The molecule has 0 saturated heterocycles. The minimum Gasteiger partial charge on any atom is -0.370 e. The van der Waals surface area contributed by atoms with Gasteiger partial charge in [0.2, 0.25) is 5.91 Å². The largest absolute Gasteiger partial charge is 0.370 e. The molecule has 1 amide bonds. The molecule has 1 rings (SSSR count). The number of pyridine rings is 1. The number of carbonyl (C=O) groups is 1. The van der Waals surface area contributed by atoms with Crippen LogP contribution in [0.2, 0.25) is 0 Å². The lowest BCUT2D eigenvalue weighted by Crippen LogP contribution is -2.16. The third-order valence-electron chi connectivity index (χ3n) is 2.73. The summed E-state index contributed by atoms with van der Waals surface area (Å²) >= 11 is 0. The molecule has 20 heavy (non-hydrogen) atoms. The highest BCUT2D eigenvalue weighted by molar-refractivity contribution is 5.90. The summed E-state index contributed by atoms with van der Waals surface area (Å²) < 4.78 is 0. The van der Waals surface area contributed by atoms with E-state index >= 15 is 0 Å². The molecule has 1 aromatic heterocycles. The van der Waals surface area contributed by atoms with E-state index in [2.05, 4.69) is 34.6 Å². The Kier molecular flexibility index (Phi) is 7.01. The zero-order valence-electron chi connectivity index (χ0n) is 12.9. The summed E-state index contributed by atoms with van der Waals surface area (Å²) in [5.41, 5.74) is 0.745. The van der Waals surface area contributed by atoms with Crippen LogP contribution in [0.25, 0.3) is 0 Å². The average molecular weight is 278 g/mol. The molecule has 2 N–H and O–H groups in total. The van der Waals surface area contributed by atoms with E-state index in [9.17, 15) is 4.79 Å². The summed E-state index contributed by atoms with van der Waals surface area (Å²) in [6.45, 7) is 6.00. The fourth-order valence-corrected chi connectivity index (χ4v) is 1.77. The van der Waals surface area contributed by atoms with Crippen LogP contribution in [0.5, 0.6) is 0 Å². The van der Waals surface area contributed by atoms with Gasteiger partial charge >= 0.3 is 0 Å². The number of anilines is 2. The van der Waals surface area contributed by atoms with E-state index in [4.69, 9.17) is 0 Å². The molecule has 5 nitrogen and oxygen atoms in total. The number of nitrogens with one attached hydrogen (secondary N) is 2. The second kappa shape index (κ2) is 8.53. The topological polar surface area (TPSA) is 57.3 Å². The molecule has 0 spiro atoms. The molecule has 1 aromatic rings. The summed E-state index contributed by atoms with van der Waals surface area (Å²) in [6, 6.07) is 3.76. The van der Waals surface area contributed by atoms with Gasteiger partial charge in [0.25, 0.3) is 0 Å². The predicted molar refractivity (Wildman–Crippen MR) is 84.0 cm³/mol. The Bertz CT molecular complexity index is 401. The zero-order valence-corrected chi connectivity index (χ0v) is 12.9. The highest BCUT2D eigenvalue weighted by Gasteiger charge is 2.05. The summed E-state index contributed by atoms with van der Waals surface area (Å²) in [7, 11) is 4.12.